The zero-order valence-corrected chi connectivity index (χ0v) is 10.2. The van der Waals surface area contributed by atoms with E-state index >= 15 is 0 Å². The summed E-state index contributed by atoms with van der Waals surface area (Å²) in [6.45, 7) is 1.75. The molecule has 1 aromatic carbocycles. The molecule has 1 aromatic rings. The van der Waals surface area contributed by atoms with Crippen LogP contribution in [0.25, 0.3) is 0 Å². The Hall–Kier alpha value is -1.28. The molecule has 1 rings (SSSR count). The third-order valence-electron chi connectivity index (χ3n) is 2.07. The van der Waals surface area contributed by atoms with Crippen LogP contribution in [0.3, 0.4) is 0 Å². The first-order valence-corrected chi connectivity index (χ1v) is 6.46. The van der Waals surface area contributed by atoms with Crippen molar-refractivity contribution in [3.8, 4) is 0 Å². The molecule has 1 unspecified atom stereocenters. The number of rotatable bonds is 4. The first-order valence-electron chi connectivity index (χ1n) is 4.98. The van der Waals surface area contributed by atoms with Crippen LogP contribution in [-0.4, -0.2) is 31.7 Å². The van der Waals surface area contributed by atoms with E-state index in [0.29, 0.717) is 5.69 Å². The standard InChI is InChI=1S/C10H12F3NO3S/c1-7(15)6-14-8-2-4-9(5-3-8)18(16,17)10(11,12)13/h2-5,7,14-15H,6H2,1H3. The van der Waals surface area contributed by atoms with E-state index < -0.39 is 26.3 Å². The smallest absolute Gasteiger partial charge is 0.392 e. The molecule has 0 aliphatic heterocycles. The lowest BCUT2D eigenvalue weighted by molar-refractivity contribution is -0.0436. The molecule has 102 valence electrons. The Balaban J connectivity index is 2.90. The van der Waals surface area contributed by atoms with Crippen LogP contribution < -0.4 is 5.32 Å². The highest BCUT2D eigenvalue weighted by atomic mass is 32.2. The topological polar surface area (TPSA) is 66.4 Å². The van der Waals surface area contributed by atoms with Gasteiger partial charge in [-0.25, -0.2) is 8.42 Å². The average Bonchev–Trinajstić information content (AvgIpc) is 2.25. The van der Waals surface area contributed by atoms with Crippen LogP contribution in [0.15, 0.2) is 29.2 Å². The fourth-order valence-electron chi connectivity index (χ4n) is 1.15. The van der Waals surface area contributed by atoms with E-state index in [4.69, 9.17) is 5.11 Å². The molecule has 0 saturated carbocycles. The van der Waals surface area contributed by atoms with Crippen molar-refractivity contribution in [3.05, 3.63) is 24.3 Å². The van der Waals surface area contributed by atoms with E-state index in [1.165, 1.54) is 19.1 Å². The van der Waals surface area contributed by atoms with Crippen molar-refractivity contribution >= 4 is 15.5 Å². The van der Waals surface area contributed by atoms with Crippen molar-refractivity contribution in [1.29, 1.82) is 0 Å². The van der Waals surface area contributed by atoms with Gasteiger partial charge in [0.05, 0.1) is 11.0 Å². The minimum absolute atomic E-state index is 0.214. The Morgan fingerprint density at radius 3 is 2.17 bits per heavy atom. The largest absolute Gasteiger partial charge is 0.501 e. The van der Waals surface area contributed by atoms with E-state index in [1.54, 1.807) is 0 Å². The number of sulfone groups is 1. The highest BCUT2D eigenvalue weighted by Crippen LogP contribution is 2.30. The fraction of sp³-hybridized carbons (Fsp3) is 0.400. The van der Waals surface area contributed by atoms with Gasteiger partial charge in [0.1, 0.15) is 0 Å². The number of halogens is 3. The molecule has 0 aliphatic rings. The Morgan fingerprint density at radius 2 is 1.78 bits per heavy atom. The molecule has 8 heteroatoms. The molecule has 0 saturated heterocycles. The summed E-state index contributed by atoms with van der Waals surface area (Å²) < 4.78 is 58.8. The second-order valence-electron chi connectivity index (χ2n) is 3.70. The Labute approximate surface area is 102 Å². The predicted molar refractivity (Wildman–Crippen MR) is 59.9 cm³/mol. The van der Waals surface area contributed by atoms with E-state index in [1.807, 2.05) is 0 Å². The maximum absolute atomic E-state index is 12.2. The lowest BCUT2D eigenvalue weighted by Crippen LogP contribution is -2.23. The third kappa shape index (κ3) is 3.36. The van der Waals surface area contributed by atoms with Gasteiger partial charge < -0.3 is 10.4 Å². The van der Waals surface area contributed by atoms with Crippen LogP contribution in [0, 0.1) is 0 Å². The minimum Gasteiger partial charge on any atom is -0.392 e. The van der Waals surface area contributed by atoms with Gasteiger partial charge in [-0.1, -0.05) is 0 Å². The molecule has 2 N–H and O–H groups in total. The molecule has 0 aromatic heterocycles. The fourth-order valence-corrected chi connectivity index (χ4v) is 1.91. The molecule has 0 fully saturated rings. The molecule has 0 amide bonds. The van der Waals surface area contributed by atoms with Gasteiger partial charge in [-0.05, 0) is 31.2 Å². The molecule has 0 bridgehead atoms. The van der Waals surface area contributed by atoms with Crippen molar-refractivity contribution in [2.45, 2.75) is 23.4 Å². The van der Waals surface area contributed by atoms with E-state index in [-0.39, 0.29) is 6.54 Å². The quantitative estimate of drug-likeness (QED) is 0.884. The van der Waals surface area contributed by atoms with Gasteiger partial charge in [0.2, 0.25) is 0 Å². The lowest BCUT2D eigenvalue weighted by atomic mass is 10.3. The SMILES string of the molecule is CC(O)CNc1ccc(S(=O)(=O)C(F)(F)F)cc1. The van der Waals surface area contributed by atoms with Gasteiger partial charge in [0.25, 0.3) is 9.84 Å². The van der Waals surface area contributed by atoms with Crippen molar-refractivity contribution in [3.63, 3.8) is 0 Å². The van der Waals surface area contributed by atoms with Crippen LogP contribution in [0.1, 0.15) is 6.92 Å². The number of aliphatic hydroxyl groups is 1. The highest BCUT2D eigenvalue weighted by molar-refractivity contribution is 7.92. The maximum Gasteiger partial charge on any atom is 0.501 e. The highest BCUT2D eigenvalue weighted by Gasteiger charge is 2.46. The van der Waals surface area contributed by atoms with Crippen LogP contribution in [0.5, 0.6) is 0 Å². The van der Waals surface area contributed by atoms with E-state index in [2.05, 4.69) is 5.32 Å². The average molecular weight is 283 g/mol. The Morgan fingerprint density at radius 1 is 1.28 bits per heavy atom. The van der Waals surface area contributed by atoms with E-state index in [9.17, 15) is 21.6 Å². The molecular weight excluding hydrogens is 271 g/mol. The first-order chi connectivity index (χ1) is 8.14. The molecule has 0 spiro atoms. The summed E-state index contributed by atoms with van der Waals surface area (Å²) in [7, 11) is -5.30. The zero-order valence-electron chi connectivity index (χ0n) is 9.40. The Kier molecular flexibility index (Phi) is 4.23. The van der Waals surface area contributed by atoms with Crippen LogP contribution in [0.2, 0.25) is 0 Å². The number of anilines is 1. The summed E-state index contributed by atoms with van der Waals surface area (Å²) in [4.78, 5) is -0.808. The molecular formula is C10H12F3NO3S. The van der Waals surface area contributed by atoms with Gasteiger partial charge in [-0.15, -0.1) is 0 Å². The Bertz CT molecular complexity index is 494. The van der Waals surface area contributed by atoms with Crippen LogP contribution >= 0.6 is 0 Å². The third-order valence-corrected chi connectivity index (χ3v) is 3.57. The molecule has 0 heterocycles. The summed E-state index contributed by atoms with van der Waals surface area (Å²) in [5.41, 5.74) is -4.88. The number of hydrogen-bond acceptors (Lipinski definition) is 4. The van der Waals surface area contributed by atoms with Gasteiger partial charge >= 0.3 is 5.51 Å². The number of alkyl halides is 3. The van der Waals surface area contributed by atoms with Gasteiger partial charge in [0.15, 0.2) is 0 Å². The monoisotopic (exact) mass is 283 g/mol. The van der Waals surface area contributed by atoms with Crippen molar-refractivity contribution in [1.82, 2.24) is 0 Å². The predicted octanol–water partition coefficient (Wildman–Crippen LogP) is 1.77. The number of aliphatic hydroxyl groups excluding tert-OH is 1. The molecule has 4 nitrogen and oxygen atoms in total. The number of benzene rings is 1. The summed E-state index contributed by atoms with van der Waals surface area (Å²) in [6, 6.07) is 4.16. The summed E-state index contributed by atoms with van der Waals surface area (Å²) in [5.74, 6) is 0. The van der Waals surface area contributed by atoms with Gasteiger partial charge in [-0.2, -0.15) is 13.2 Å². The second-order valence-corrected chi connectivity index (χ2v) is 5.64. The molecule has 1 atom stereocenters. The van der Waals surface area contributed by atoms with Crippen molar-refractivity contribution in [2.24, 2.45) is 0 Å². The van der Waals surface area contributed by atoms with Gasteiger partial charge in [-0.3, -0.25) is 0 Å². The second kappa shape index (κ2) is 5.15. The molecule has 0 aliphatic carbocycles. The maximum atomic E-state index is 12.2. The normalized spacial score (nSPS) is 14.3. The van der Waals surface area contributed by atoms with Crippen LogP contribution in [-0.2, 0) is 9.84 Å². The molecule has 0 radical (unpaired) electrons. The lowest BCUT2D eigenvalue weighted by Gasteiger charge is -2.10. The number of nitrogens with one attached hydrogen (secondary N) is 1. The minimum atomic E-state index is -5.30. The summed E-state index contributed by atoms with van der Waals surface area (Å²) in [5, 5.41) is 11.7. The molecule has 18 heavy (non-hydrogen) atoms. The zero-order chi connectivity index (χ0) is 14.0. The van der Waals surface area contributed by atoms with Crippen LogP contribution in [0.4, 0.5) is 18.9 Å². The summed E-state index contributed by atoms with van der Waals surface area (Å²) >= 11 is 0. The summed E-state index contributed by atoms with van der Waals surface area (Å²) in [6.07, 6.45) is -0.622. The van der Waals surface area contributed by atoms with E-state index in [0.717, 1.165) is 12.1 Å². The van der Waals surface area contributed by atoms with Crippen molar-refractivity contribution in [2.75, 3.05) is 11.9 Å². The van der Waals surface area contributed by atoms with Crippen molar-refractivity contribution < 1.29 is 26.7 Å². The number of hydrogen-bond donors (Lipinski definition) is 2. The van der Waals surface area contributed by atoms with Gasteiger partial charge in [0, 0.05) is 12.2 Å². The first kappa shape index (κ1) is 14.8.